The van der Waals surface area contributed by atoms with Crippen molar-refractivity contribution in [1.82, 2.24) is 5.32 Å². The van der Waals surface area contributed by atoms with Gasteiger partial charge in [0.15, 0.2) is 0 Å². The van der Waals surface area contributed by atoms with Crippen molar-refractivity contribution in [3.05, 3.63) is 0 Å². The minimum absolute atomic E-state index is 0.155. The summed E-state index contributed by atoms with van der Waals surface area (Å²) >= 11 is 0. The van der Waals surface area contributed by atoms with E-state index < -0.39 is 24.2 Å². The lowest BCUT2D eigenvalue weighted by Gasteiger charge is -2.12. The second-order valence-corrected chi connectivity index (χ2v) is 2.67. The summed E-state index contributed by atoms with van der Waals surface area (Å²) in [6.07, 6.45) is -1.94. The number of nitrogens with one attached hydrogen (secondary N) is 1. The van der Waals surface area contributed by atoms with Gasteiger partial charge in [-0.1, -0.05) is 0 Å². The fourth-order valence-corrected chi connectivity index (χ4v) is 1.16. The highest BCUT2D eigenvalue weighted by atomic mass is 16.4. The van der Waals surface area contributed by atoms with Gasteiger partial charge in [0.2, 0.25) is 0 Å². The Kier molecular flexibility index (Phi) is 2.43. The Morgan fingerprint density at radius 2 is 2.18 bits per heavy atom. The summed E-state index contributed by atoms with van der Waals surface area (Å²) in [6.45, 7) is 0.263. The minimum atomic E-state index is -0.976. The molecule has 0 aromatic rings. The average Bonchev–Trinajstić information content (AvgIpc) is 2.18. The van der Waals surface area contributed by atoms with Gasteiger partial charge >= 0.3 is 5.97 Å². The monoisotopic (exact) mass is 161 g/mol. The third-order valence-corrected chi connectivity index (χ3v) is 1.79. The largest absolute Gasteiger partial charge is 0.481 e. The van der Waals surface area contributed by atoms with Crippen LogP contribution in [0.2, 0.25) is 0 Å². The van der Waals surface area contributed by atoms with Gasteiger partial charge < -0.3 is 20.6 Å². The molecular formula is C6H11NO4. The van der Waals surface area contributed by atoms with Gasteiger partial charge in [-0.25, -0.2) is 0 Å². The van der Waals surface area contributed by atoms with E-state index in [1.807, 2.05) is 0 Å². The van der Waals surface area contributed by atoms with E-state index >= 15 is 0 Å². The Morgan fingerprint density at radius 3 is 2.55 bits per heavy atom. The van der Waals surface area contributed by atoms with Gasteiger partial charge in [0.25, 0.3) is 0 Å². The van der Waals surface area contributed by atoms with Gasteiger partial charge in [0.1, 0.15) is 0 Å². The molecule has 3 atom stereocenters. The third kappa shape index (κ3) is 1.89. The normalized spacial score (nSPS) is 37.5. The maximum absolute atomic E-state index is 10.2. The number of carbonyl (C=O) groups is 1. The second kappa shape index (κ2) is 3.17. The number of β-amino-alcohol motifs (C(OH)–C–C–N with tert-alkyl or cyclic N) is 1. The third-order valence-electron chi connectivity index (χ3n) is 1.79. The summed E-state index contributed by atoms with van der Waals surface area (Å²) in [5.41, 5.74) is 0. The molecule has 0 aromatic carbocycles. The first-order valence-electron chi connectivity index (χ1n) is 3.42. The van der Waals surface area contributed by atoms with Crippen LogP contribution in [0, 0.1) is 0 Å². The molecular weight excluding hydrogens is 150 g/mol. The number of carboxylic acid groups (broad SMARTS) is 1. The first-order valence-corrected chi connectivity index (χ1v) is 3.42. The Labute approximate surface area is 63.7 Å². The van der Waals surface area contributed by atoms with Crippen molar-refractivity contribution < 1.29 is 20.1 Å². The van der Waals surface area contributed by atoms with Gasteiger partial charge in [-0.05, 0) is 0 Å². The second-order valence-electron chi connectivity index (χ2n) is 2.67. The molecule has 1 saturated heterocycles. The summed E-state index contributed by atoms with van der Waals surface area (Å²) in [4.78, 5) is 10.2. The molecule has 0 aliphatic carbocycles. The molecule has 5 nitrogen and oxygen atoms in total. The van der Waals surface area contributed by atoms with Crippen LogP contribution in [-0.4, -0.2) is 46.1 Å². The summed E-state index contributed by atoms with van der Waals surface area (Å²) < 4.78 is 0. The fraction of sp³-hybridized carbons (Fsp3) is 0.833. The highest BCUT2D eigenvalue weighted by Gasteiger charge is 2.33. The van der Waals surface area contributed by atoms with Crippen LogP contribution < -0.4 is 5.32 Å². The number of carboxylic acids is 1. The number of hydrogen-bond acceptors (Lipinski definition) is 4. The van der Waals surface area contributed by atoms with Crippen molar-refractivity contribution in [1.29, 1.82) is 0 Å². The molecule has 11 heavy (non-hydrogen) atoms. The standard InChI is InChI=1S/C6H11NO4/c8-4-2-7-3(6(4)11)1-5(9)10/h3-4,6-8,11H,1-2H2,(H,9,10). The van der Waals surface area contributed by atoms with Gasteiger partial charge in [0.05, 0.1) is 18.6 Å². The Balaban J connectivity index is 2.42. The van der Waals surface area contributed by atoms with Gasteiger partial charge in [-0.3, -0.25) is 4.79 Å². The van der Waals surface area contributed by atoms with Crippen molar-refractivity contribution in [2.45, 2.75) is 24.7 Å². The van der Waals surface area contributed by atoms with Crippen LogP contribution in [0.1, 0.15) is 6.42 Å². The molecule has 0 radical (unpaired) electrons. The van der Waals surface area contributed by atoms with Crippen LogP contribution in [0.15, 0.2) is 0 Å². The summed E-state index contributed by atoms with van der Waals surface area (Å²) in [7, 11) is 0. The Bertz CT molecular complexity index is 161. The summed E-state index contributed by atoms with van der Waals surface area (Å²) in [5.74, 6) is -0.976. The van der Waals surface area contributed by atoms with E-state index in [-0.39, 0.29) is 13.0 Å². The van der Waals surface area contributed by atoms with E-state index in [0.29, 0.717) is 0 Å². The number of aliphatic hydroxyl groups is 2. The molecule has 1 rings (SSSR count). The Hall–Kier alpha value is -0.650. The van der Waals surface area contributed by atoms with Crippen LogP contribution in [0.5, 0.6) is 0 Å². The maximum atomic E-state index is 10.2. The average molecular weight is 161 g/mol. The molecule has 3 unspecified atom stereocenters. The van der Waals surface area contributed by atoms with E-state index in [0.717, 1.165) is 0 Å². The lowest BCUT2D eigenvalue weighted by molar-refractivity contribution is -0.138. The highest BCUT2D eigenvalue weighted by Crippen LogP contribution is 2.10. The zero-order valence-corrected chi connectivity index (χ0v) is 5.90. The minimum Gasteiger partial charge on any atom is -0.481 e. The molecule has 0 spiro atoms. The number of aliphatic hydroxyl groups excluding tert-OH is 2. The maximum Gasteiger partial charge on any atom is 0.305 e. The van der Waals surface area contributed by atoms with Crippen LogP contribution in [-0.2, 0) is 4.79 Å². The quantitative estimate of drug-likeness (QED) is 0.382. The first kappa shape index (κ1) is 8.45. The van der Waals surface area contributed by atoms with Crippen LogP contribution in [0.3, 0.4) is 0 Å². The summed E-state index contributed by atoms with van der Waals surface area (Å²) in [5, 5.41) is 29.2. The van der Waals surface area contributed by atoms with Crippen molar-refractivity contribution in [3.63, 3.8) is 0 Å². The van der Waals surface area contributed by atoms with Crippen molar-refractivity contribution in [3.8, 4) is 0 Å². The van der Waals surface area contributed by atoms with E-state index in [4.69, 9.17) is 15.3 Å². The molecule has 5 heteroatoms. The van der Waals surface area contributed by atoms with Crippen molar-refractivity contribution >= 4 is 5.97 Å². The van der Waals surface area contributed by atoms with Crippen molar-refractivity contribution in [2.75, 3.05) is 6.54 Å². The SMILES string of the molecule is O=C(O)CC1NCC(O)C1O. The molecule has 0 bridgehead atoms. The number of rotatable bonds is 2. The molecule has 64 valence electrons. The van der Waals surface area contributed by atoms with Gasteiger partial charge in [0, 0.05) is 12.6 Å². The molecule has 0 aromatic heterocycles. The zero-order chi connectivity index (χ0) is 8.43. The van der Waals surface area contributed by atoms with Crippen LogP contribution in [0.4, 0.5) is 0 Å². The molecule has 1 aliphatic rings. The zero-order valence-electron chi connectivity index (χ0n) is 5.90. The van der Waals surface area contributed by atoms with Gasteiger partial charge in [-0.2, -0.15) is 0 Å². The van der Waals surface area contributed by atoms with E-state index in [2.05, 4.69) is 5.32 Å². The van der Waals surface area contributed by atoms with Gasteiger partial charge in [-0.15, -0.1) is 0 Å². The van der Waals surface area contributed by atoms with Crippen molar-refractivity contribution in [2.24, 2.45) is 0 Å². The predicted molar refractivity (Wildman–Crippen MR) is 36.1 cm³/mol. The molecule has 4 N–H and O–H groups in total. The Morgan fingerprint density at radius 1 is 1.55 bits per heavy atom. The lowest BCUT2D eigenvalue weighted by atomic mass is 10.1. The number of aliphatic carboxylic acids is 1. The van der Waals surface area contributed by atoms with Crippen LogP contribution in [0.25, 0.3) is 0 Å². The molecule has 1 aliphatic heterocycles. The van der Waals surface area contributed by atoms with E-state index in [9.17, 15) is 4.79 Å². The van der Waals surface area contributed by atoms with E-state index in [1.54, 1.807) is 0 Å². The lowest BCUT2D eigenvalue weighted by Crippen LogP contribution is -2.34. The topological polar surface area (TPSA) is 89.8 Å². The van der Waals surface area contributed by atoms with Crippen LogP contribution >= 0.6 is 0 Å². The molecule has 1 fully saturated rings. The summed E-state index contributed by atoms with van der Waals surface area (Å²) in [6, 6.07) is -0.512. The smallest absolute Gasteiger partial charge is 0.305 e. The predicted octanol–water partition coefficient (Wildman–Crippen LogP) is -1.85. The molecule has 1 heterocycles. The van der Waals surface area contributed by atoms with E-state index in [1.165, 1.54) is 0 Å². The first-order chi connectivity index (χ1) is 5.11. The number of hydrogen-bond donors (Lipinski definition) is 4. The fourth-order valence-electron chi connectivity index (χ4n) is 1.16. The molecule has 0 amide bonds. The highest BCUT2D eigenvalue weighted by molar-refractivity contribution is 5.67. The molecule has 0 saturated carbocycles.